The highest BCUT2D eigenvalue weighted by Crippen LogP contribution is 2.32. The number of hydroxylamine groups is 1. The summed E-state index contributed by atoms with van der Waals surface area (Å²) in [5.74, 6) is -0.970. The molecule has 1 aromatic carbocycles. The van der Waals surface area contributed by atoms with Crippen LogP contribution in [0.3, 0.4) is 0 Å². The number of fused-ring (bicyclic) bond motifs is 1. The summed E-state index contributed by atoms with van der Waals surface area (Å²) in [5.41, 5.74) is 2.24. The lowest BCUT2D eigenvalue weighted by molar-refractivity contribution is -0.133. The van der Waals surface area contributed by atoms with Crippen molar-refractivity contribution in [1.29, 1.82) is 0 Å². The third-order valence-electron chi connectivity index (χ3n) is 4.62. The number of hydrogen-bond acceptors (Lipinski definition) is 11. The molecule has 1 saturated heterocycles. The van der Waals surface area contributed by atoms with Crippen LogP contribution in [0.2, 0.25) is 0 Å². The second kappa shape index (κ2) is 7.28. The Bertz CT molecular complexity index is 1230. The van der Waals surface area contributed by atoms with Crippen molar-refractivity contribution in [3.63, 3.8) is 0 Å². The molecule has 0 amide bonds. The topological polar surface area (TPSA) is 162 Å². The molecular weight excluding hydrogens is 420 g/mol. The van der Waals surface area contributed by atoms with Crippen LogP contribution in [0.15, 0.2) is 53.0 Å². The molecule has 0 radical (unpaired) electrons. The zero-order valence-electron chi connectivity index (χ0n) is 15.8. The first-order valence-electron chi connectivity index (χ1n) is 8.65. The number of sulfonamides is 1. The summed E-state index contributed by atoms with van der Waals surface area (Å²) in [5, 5.41) is 7.99. The first-order valence-corrected chi connectivity index (χ1v) is 10.1. The zero-order valence-corrected chi connectivity index (χ0v) is 16.6. The lowest BCUT2D eigenvalue weighted by Gasteiger charge is -2.24. The number of ether oxygens (including phenoxy) is 1. The lowest BCUT2D eigenvalue weighted by Crippen LogP contribution is -2.54. The van der Waals surface area contributed by atoms with Gasteiger partial charge in [-0.25, -0.2) is 17.9 Å². The standard InChI is InChI=1S/C17H16N4O8S/c1-9-12(28-16(23)27-9)8-26-21-17-7-13(22)29-15(17)20-19-14(17)10-3-5-11(6-4-10)30(24,25)18-2/h3-6,18,21H,7-8H2,1-2H3. The second-order valence-corrected chi connectivity index (χ2v) is 8.35. The number of nitrogens with one attached hydrogen (secondary N) is 2. The fourth-order valence-corrected chi connectivity index (χ4v) is 3.80. The van der Waals surface area contributed by atoms with Crippen molar-refractivity contribution in [2.75, 3.05) is 7.05 Å². The molecule has 158 valence electrons. The van der Waals surface area contributed by atoms with E-state index in [-0.39, 0.29) is 35.3 Å². The lowest BCUT2D eigenvalue weighted by atomic mass is 9.88. The van der Waals surface area contributed by atoms with Gasteiger partial charge in [0.05, 0.1) is 11.3 Å². The fraction of sp³-hybridized carbons (Fsp3) is 0.294. The highest BCUT2D eigenvalue weighted by atomic mass is 32.2. The van der Waals surface area contributed by atoms with Gasteiger partial charge in [-0.05, 0) is 26.1 Å². The van der Waals surface area contributed by atoms with Gasteiger partial charge >= 0.3 is 11.8 Å². The normalized spacial score (nSPS) is 20.7. The van der Waals surface area contributed by atoms with E-state index < -0.39 is 27.4 Å². The van der Waals surface area contributed by atoms with Crippen LogP contribution < -0.4 is 16.0 Å². The molecule has 4 rings (SSSR count). The highest BCUT2D eigenvalue weighted by molar-refractivity contribution is 7.89. The van der Waals surface area contributed by atoms with Gasteiger partial charge < -0.3 is 13.6 Å². The van der Waals surface area contributed by atoms with Gasteiger partial charge in [-0.1, -0.05) is 12.1 Å². The average molecular weight is 436 g/mol. The molecule has 2 aliphatic heterocycles. The summed E-state index contributed by atoms with van der Waals surface area (Å²) >= 11 is 0. The second-order valence-electron chi connectivity index (χ2n) is 6.47. The number of carbonyl (C=O) groups is 1. The molecule has 1 aromatic heterocycles. The molecule has 13 heteroatoms. The van der Waals surface area contributed by atoms with Gasteiger partial charge in [-0.15, -0.1) is 10.2 Å². The number of hydrogen-bond donors (Lipinski definition) is 2. The van der Waals surface area contributed by atoms with Crippen LogP contribution in [0.25, 0.3) is 0 Å². The van der Waals surface area contributed by atoms with Crippen LogP contribution in [0, 0.1) is 6.92 Å². The van der Waals surface area contributed by atoms with Crippen molar-refractivity contribution >= 4 is 27.6 Å². The largest absolute Gasteiger partial charge is 0.519 e. The highest BCUT2D eigenvalue weighted by Gasteiger charge is 2.55. The first-order chi connectivity index (χ1) is 14.2. The molecule has 30 heavy (non-hydrogen) atoms. The molecule has 12 nitrogen and oxygen atoms in total. The van der Waals surface area contributed by atoms with Gasteiger partial charge in [0.2, 0.25) is 15.9 Å². The van der Waals surface area contributed by atoms with Gasteiger partial charge in [0.1, 0.15) is 18.1 Å². The maximum absolute atomic E-state index is 11.9. The Morgan fingerprint density at radius 2 is 1.90 bits per heavy atom. The number of benzene rings is 1. The van der Waals surface area contributed by atoms with Crippen molar-refractivity contribution in [2.45, 2.75) is 30.4 Å². The van der Waals surface area contributed by atoms with E-state index in [4.69, 9.17) is 18.4 Å². The molecular formula is C17H16N4O8S. The van der Waals surface area contributed by atoms with Gasteiger partial charge in [-0.2, -0.15) is 5.48 Å². The monoisotopic (exact) mass is 436 g/mol. The van der Waals surface area contributed by atoms with E-state index in [1.54, 1.807) is 6.92 Å². The summed E-state index contributed by atoms with van der Waals surface area (Å²) in [6.45, 7) is 1.37. The predicted octanol–water partition coefficient (Wildman–Crippen LogP) is -0.0274. The Morgan fingerprint density at radius 1 is 1.17 bits per heavy atom. The summed E-state index contributed by atoms with van der Waals surface area (Å²) in [7, 11) is -2.30. The number of nitrogens with zero attached hydrogens (tertiary/aromatic N) is 2. The Kier molecular flexibility index (Phi) is 4.89. The molecule has 2 aromatic rings. The number of esters is 1. The van der Waals surface area contributed by atoms with Crippen LogP contribution in [0.1, 0.15) is 23.5 Å². The van der Waals surface area contributed by atoms with Crippen LogP contribution in [-0.4, -0.2) is 38.6 Å². The van der Waals surface area contributed by atoms with Crippen LogP contribution in [-0.2, 0) is 31.0 Å². The van der Waals surface area contributed by atoms with Crippen LogP contribution in [0.4, 0.5) is 0 Å². The molecule has 0 bridgehead atoms. The third-order valence-corrected chi connectivity index (χ3v) is 6.05. The van der Waals surface area contributed by atoms with E-state index in [0.717, 1.165) is 0 Å². The van der Waals surface area contributed by atoms with Gasteiger partial charge in [0.15, 0.2) is 11.3 Å². The number of aryl methyl sites for hydroxylation is 1. The van der Waals surface area contributed by atoms with E-state index in [1.807, 2.05) is 0 Å². The van der Waals surface area contributed by atoms with Crippen LogP contribution >= 0.6 is 0 Å². The Hall–Kier alpha value is -3.13. The predicted molar refractivity (Wildman–Crippen MR) is 100 cm³/mol. The number of carbonyl (C=O) groups excluding carboxylic acids is 1. The van der Waals surface area contributed by atoms with Crippen molar-refractivity contribution in [3.8, 4) is 0 Å². The molecule has 1 atom stereocenters. The molecule has 0 aliphatic carbocycles. The van der Waals surface area contributed by atoms with Crippen molar-refractivity contribution < 1.29 is 31.6 Å². The minimum atomic E-state index is -3.61. The minimum Gasteiger partial charge on any atom is -0.407 e. The molecule has 2 N–H and O–H groups in total. The van der Waals surface area contributed by atoms with Crippen LogP contribution in [0.5, 0.6) is 0 Å². The smallest absolute Gasteiger partial charge is 0.407 e. The Morgan fingerprint density at radius 3 is 2.53 bits per heavy atom. The summed E-state index contributed by atoms with van der Waals surface area (Å²) in [6, 6.07) is 5.87. The third kappa shape index (κ3) is 3.37. The van der Waals surface area contributed by atoms with E-state index in [9.17, 15) is 18.0 Å². The average Bonchev–Trinajstić information content (AvgIpc) is 3.32. The van der Waals surface area contributed by atoms with E-state index in [1.165, 1.54) is 31.3 Å². The van der Waals surface area contributed by atoms with Gasteiger partial charge in [0.25, 0.3) is 0 Å². The van der Waals surface area contributed by atoms with E-state index in [0.29, 0.717) is 11.3 Å². The first kappa shape index (κ1) is 20.2. The fourth-order valence-electron chi connectivity index (χ4n) is 3.07. The maximum Gasteiger partial charge on any atom is 0.519 e. The molecule has 0 spiro atoms. The SMILES string of the molecule is CNS(=O)(=O)c1ccc(C2=NN=C3OC(=O)CC32NOCc2oc(=O)oc2C)cc1. The summed E-state index contributed by atoms with van der Waals surface area (Å²) in [6.07, 6.45) is -0.157. The van der Waals surface area contributed by atoms with Gasteiger partial charge in [0, 0.05) is 5.56 Å². The molecule has 0 saturated carbocycles. The Balaban J connectivity index is 1.59. The minimum absolute atomic E-state index is 0.000193. The molecule has 1 fully saturated rings. The van der Waals surface area contributed by atoms with Crippen molar-refractivity contribution in [2.24, 2.45) is 10.2 Å². The summed E-state index contributed by atoms with van der Waals surface area (Å²) < 4.78 is 40.8. The van der Waals surface area contributed by atoms with Crippen molar-refractivity contribution in [1.82, 2.24) is 10.2 Å². The maximum atomic E-state index is 11.9. The van der Waals surface area contributed by atoms with Gasteiger partial charge in [-0.3, -0.25) is 9.63 Å². The molecule has 2 aliphatic rings. The zero-order chi connectivity index (χ0) is 21.5. The quantitative estimate of drug-likeness (QED) is 0.448. The molecule has 3 heterocycles. The molecule has 1 unspecified atom stereocenters. The Labute approximate surface area is 169 Å². The van der Waals surface area contributed by atoms with E-state index >= 15 is 0 Å². The van der Waals surface area contributed by atoms with Crippen molar-refractivity contribution in [3.05, 3.63) is 52.0 Å². The number of rotatable bonds is 7. The van der Waals surface area contributed by atoms with E-state index in [2.05, 4.69) is 20.4 Å². The summed E-state index contributed by atoms with van der Waals surface area (Å²) in [4.78, 5) is 28.6.